The Morgan fingerprint density at radius 3 is 2.47 bits per heavy atom. The minimum absolute atomic E-state index is 0.199. The molecule has 1 aliphatic rings. The number of amides is 1. The van der Waals surface area contributed by atoms with Crippen molar-refractivity contribution < 1.29 is 4.79 Å². The van der Waals surface area contributed by atoms with E-state index in [0.717, 1.165) is 5.56 Å². The summed E-state index contributed by atoms with van der Waals surface area (Å²) in [6, 6.07) is 5.12. The van der Waals surface area contributed by atoms with Gasteiger partial charge in [0.05, 0.1) is 0 Å². The first-order valence-corrected chi connectivity index (χ1v) is 6.60. The van der Waals surface area contributed by atoms with Gasteiger partial charge in [0.25, 0.3) is 5.91 Å². The Morgan fingerprint density at radius 2 is 1.95 bits per heavy atom. The number of carbonyl (C=O) groups is 1. The van der Waals surface area contributed by atoms with Crippen LogP contribution in [-0.4, -0.2) is 11.7 Å². The van der Waals surface area contributed by atoms with Crippen molar-refractivity contribution in [3.63, 3.8) is 0 Å². The maximum atomic E-state index is 11.9. The number of amidine groups is 1. The van der Waals surface area contributed by atoms with Crippen LogP contribution in [0.4, 0.5) is 0 Å². The number of hydrogen-bond acceptors (Lipinski definition) is 2. The number of aliphatic imine (C=N–C) groups is 1. The highest BCUT2D eigenvalue weighted by atomic mass is 35.5. The Labute approximate surface area is 122 Å². The zero-order valence-electron chi connectivity index (χ0n) is 10.9. The molecule has 1 aromatic carbocycles. The molecule has 19 heavy (non-hydrogen) atoms. The summed E-state index contributed by atoms with van der Waals surface area (Å²) in [5.74, 6) is 0.449. The average molecular weight is 297 g/mol. The smallest absolute Gasteiger partial charge is 0.275 e. The van der Waals surface area contributed by atoms with Gasteiger partial charge in [-0.1, -0.05) is 50.0 Å². The third-order valence-corrected chi connectivity index (χ3v) is 3.22. The quantitative estimate of drug-likeness (QED) is 0.785. The maximum absolute atomic E-state index is 11.9. The van der Waals surface area contributed by atoms with Crippen LogP contribution in [0.3, 0.4) is 0 Å². The monoisotopic (exact) mass is 296 g/mol. The van der Waals surface area contributed by atoms with Crippen molar-refractivity contribution in [2.24, 2.45) is 10.4 Å². The summed E-state index contributed by atoms with van der Waals surface area (Å²) >= 11 is 11.9. The normalized spacial score (nSPS) is 17.6. The van der Waals surface area contributed by atoms with Gasteiger partial charge < -0.3 is 5.32 Å². The second-order valence-corrected chi connectivity index (χ2v) is 6.20. The van der Waals surface area contributed by atoms with E-state index in [-0.39, 0.29) is 11.3 Å². The van der Waals surface area contributed by atoms with E-state index in [2.05, 4.69) is 10.3 Å². The Morgan fingerprint density at radius 1 is 1.26 bits per heavy atom. The second kappa shape index (κ2) is 4.99. The Hall–Kier alpha value is -1.32. The van der Waals surface area contributed by atoms with Crippen LogP contribution < -0.4 is 5.32 Å². The summed E-state index contributed by atoms with van der Waals surface area (Å²) < 4.78 is 0. The molecule has 0 spiro atoms. The number of hydrogen-bond donors (Lipinski definition) is 1. The van der Waals surface area contributed by atoms with Crippen LogP contribution in [0.25, 0.3) is 6.08 Å². The average Bonchev–Trinajstić information content (AvgIpc) is 2.64. The number of nitrogens with one attached hydrogen (secondary N) is 1. The summed E-state index contributed by atoms with van der Waals surface area (Å²) in [7, 11) is 0. The molecule has 0 unspecified atom stereocenters. The van der Waals surface area contributed by atoms with E-state index in [1.165, 1.54) is 0 Å². The fourth-order valence-electron chi connectivity index (χ4n) is 1.59. The summed E-state index contributed by atoms with van der Waals surface area (Å²) in [5.41, 5.74) is 0.874. The standard InChI is InChI=1S/C14H14Cl2N2O/c1-14(2,3)13-17-11(12(19)18-13)6-8-4-5-9(15)7-10(8)16/h4-7H,1-3H3,(H,17,18,19)/b11-6-. The maximum Gasteiger partial charge on any atom is 0.275 e. The van der Waals surface area contributed by atoms with Gasteiger partial charge >= 0.3 is 0 Å². The van der Waals surface area contributed by atoms with Gasteiger partial charge in [0.1, 0.15) is 11.5 Å². The highest BCUT2D eigenvalue weighted by Gasteiger charge is 2.28. The Kier molecular flexibility index (Phi) is 3.70. The number of halogens is 2. The molecule has 0 bridgehead atoms. The molecule has 1 heterocycles. The van der Waals surface area contributed by atoms with Gasteiger partial charge in [0, 0.05) is 15.5 Å². The van der Waals surface area contributed by atoms with E-state index in [1.54, 1.807) is 24.3 Å². The molecule has 1 amide bonds. The lowest BCUT2D eigenvalue weighted by molar-refractivity contribution is -0.115. The van der Waals surface area contributed by atoms with Crippen LogP contribution in [0.1, 0.15) is 26.3 Å². The van der Waals surface area contributed by atoms with E-state index in [4.69, 9.17) is 23.2 Å². The third-order valence-electron chi connectivity index (χ3n) is 2.66. The van der Waals surface area contributed by atoms with Crippen LogP contribution in [0.2, 0.25) is 10.0 Å². The molecule has 100 valence electrons. The van der Waals surface area contributed by atoms with Gasteiger partial charge in [-0.15, -0.1) is 0 Å². The molecule has 0 fully saturated rings. The van der Waals surface area contributed by atoms with E-state index in [9.17, 15) is 4.79 Å². The fraction of sp³-hybridized carbons (Fsp3) is 0.286. The lowest BCUT2D eigenvalue weighted by Gasteiger charge is -2.16. The molecule has 2 rings (SSSR count). The fourth-order valence-corrected chi connectivity index (χ4v) is 2.05. The van der Waals surface area contributed by atoms with E-state index in [0.29, 0.717) is 21.6 Å². The molecule has 3 nitrogen and oxygen atoms in total. The Balaban J connectivity index is 2.39. The molecule has 1 aromatic rings. The predicted molar refractivity (Wildman–Crippen MR) is 79.5 cm³/mol. The molecular formula is C14H14Cl2N2O. The molecule has 0 aromatic heterocycles. The molecule has 5 heteroatoms. The van der Waals surface area contributed by atoms with Gasteiger partial charge in [0.15, 0.2) is 0 Å². The number of rotatable bonds is 1. The van der Waals surface area contributed by atoms with E-state index >= 15 is 0 Å². The minimum atomic E-state index is -0.212. The SMILES string of the molecule is CC(C)(C)C1=N/C(=C\c2ccc(Cl)cc2Cl)C(=O)N1. The zero-order chi connectivity index (χ0) is 14.2. The first-order valence-electron chi connectivity index (χ1n) is 5.84. The summed E-state index contributed by atoms with van der Waals surface area (Å²) in [6.45, 7) is 5.97. The van der Waals surface area contributed by atoms with E-state index < -0.39 is 0 Å². The summed E-state index contributed by atoms with van der Waals surface area (Å²) in [4.78, 5) is 16.2. The minimum Gasteiger partial charge on any atom is -0.308 e. The number of nitrogens with zero attached hydrogens (tertiary/aromatic N) is 1. The van der Waals surface area contributed by atoms with Gasteiger partial charge in [-0.3, -0.25) is 4.79 Å². The van der Waals surface area contributed by atoms with Crippen LogP contribution in [-0.2, 0) is 4.79 Å². The van der Waals surface area contributed by atoms with Crippen molar-refractivity contribution in [2.45, 2.75) is 20.8 Å². The Bertz CT molecular complexity index is 598. The summed E-state index contributed by atoms with van der Waals surface area (Å²) in [6.07, 6.45) is 1.66. The molecular weight excluding hydrogens is 283 g/mol. The van der Waals surface area contributed by atoms with Crippen molar-refractivity contribution in [1.82, 2.24) is 5.32 Å². The van der Waals surface area contributed by atoms with Gasteiger partial charge in [-0.05, 0) is 23.8 Å². The van der Waals surface area contributed by atoms with Gasteiger partial charge in [-0.25, -0.2) is 4.99 Å². The summed E-state index contributed by atoms with van der Waals surface area (Å²) in [5, 5.41) is 3.82. The number of benzene rings is 1. The van der Waals surface area contributed by atoms with Crippen LogP contribution in [0.5, 0.6) is 0 Å². The highest BCUT2D eigenvalue weighted by molar-refractivity contribution is 6.35. The van der Waals surface area contributed by atoms with Gasteiger partial charge in [-0.2, -0.15) is 0 Å². The second-order valence-electron chi connectivity index (χ2n) is 5.36. The largest absolute Gasteiger partial charge is 0.308 e. The molecule has 0 saturated carbocycles. The van der Waals surface area contributed by atoms with E-state index in [1.807, 2.05) is 20.8 Å². The molecule has 0 aliphatic carbocycles. The van der Waals surface area contributed by atoms with Crippen molar-refractivity contribution in [3.05, 3.63) is 39.5 Å². The lowest BCUT2D eigenvalue weighted by Crippen LogP contribution is -2.34. The molecule has 1 N–H and O–H groups in total. The first kappa shape index (κ1) is 14.1. The van der Waals surface area contributed by atoms with Crippen LogP contribution in [0.15, 0.2) is 28.9 Å². The number of carbonyl (C=O) groups excluding carboxylic acids is 1. The van der Waals surface area contributed by atoms with Crippen molar-refractivity contribution in [3.8, 4) is 0 Å². The van der Waals surface area contributed by atoms with Crippen LogP contribution in [0, 0.1) is 5.41 Å². The van der Waals surface area contributed by atoms with Crippen LogP contribution >= 0.6 is 23.2 Å². The molecule has 0 atom stereocenters. The van der Waals surface area contributed by atoms with Gasteiger partial charge in [0.2, 0.25) is 0 Å². The zero-order valence-corrected chi connectivity index (χ0v) is 12.4. The van der Waals surface area contributed by atoms with Crippen molar-refractivity contribution in [1.29, 1.82) is 0 Å². The molecule has 0 saturated heterocycles. The topological polar surface area (TPSA) is 41.5 Å². The lowest BCUT2D eigenvalue weighted by atomic mass is 9.95. The molecule has 0 radical (unpaired) electrons. The van der Waals surface area contributed by atoms with Crippen molar-refractivity contribution in [2.75, 3.05) is 0 Å². The van der Waals surface area contributed by atoms with Crippen molar-refractivity contribution >= 4 is 41.0 Å². The highest BCUT2D eigenvalue weighted by Crippen LogP contribution is 2.26. The third kappa shape index (κ3) is 3.17. The first-order chi connectivity index (χ1) is 8.77. The molecule has 1 aliphatic heterocycles. The predicted octanol–water partition coefficient (Wildman–Crippen LogP) is 3.91.